The molecule has 0 saturated carbocycles. The average Bonchev–Trinajstić information content (AvgIpc) is 2.68. The van der Waals surface area contributed by atoms with Crippen molar-refractivity contribution in [2.24, 2.45) is 0 Å². The molecular formula is C13H18N2O. The van der Waals surface area contributed by atoms with Gasteiger partial charge in [0, 0.05) is 17.7 Å². The molecule has 0 bridgehead atoms. The third kappa shape index (κ3) is 1.47. The molecule has 1 aromatic heterocycles. The lowest BCUT2D eigenvalue weighted by molar-refractivity contribution is 0.524. The highest BCUT2D eigenvalue weighted by molar-refractivity contribution is 5.87. The lowest BCUT2D eigenvalue weighted by Gasteiger charge is -2.07. The van der Waals surface area contributed by atoms with Gasteiger partial charge in [-0.1, -0.05) is 6.92 Å². The minimum absolute atomic E-state index is 0.814. The van der Waals surface area contributed by atoms with Gasteiger partial charge < -0.3 is 10.2 Å². The summed E-state index contributed by atoms with van der Waals surface area (Å²) in [5.41, 5.74) is 11.9. The van der Waals surface area contributed by atoms with Crippen LogP contribution >= 0.6 is 0 Å². The fraction of sp³-hybridized carbons (Fsp3) is 0.462. The van der Waals surface area contributed by atoms with Gasteiger partial charge in [0.1, 0.15) is 5.52 Å². The van der Waals surface area contributed by atoms with Crippen molar-refractivity contribution in [3.8, 4) is 0 Å². The van der Waals surface area contributed by atoms with Crippen LogP contribution in [0.1, 0.15) is 35.9 Å². The van der Waals surface area contributed by atoms with Gasteiger partial charge in [-0.05, 0) is 38.3 Å². The summed E-state index contributed by atoms with van der Waals surface area (Å²) in [7, 11) is 0. The van der Waals surface area contributed by atoms with Crippen LogP contribution in [0.25, 0.3) is 11.1 Å². The average molecular weight is 218 g/mol. The van der Waals surface area contributed by atoms with E-state index in [2.05, 4.69) is 11.9 Å². The molecule has 0 spiro atoms. The number of aromatic nitrogens is 1. The van der Waals surface area contributed by atoms with E-state index in [1.165, 1.54) is 0 Å². The van der Waals surface area contributed by atoms with E-state index in [-0.39, 0.29) is 0 Å². The van der Waals surface area contributed by atoms with E-state index < -0.39 is 0 Å². The van der Waals surface area contributed by atoms with Crippen LogP contribution in [0.2, 0.25) is 0 Å². The van der Waals surface area contributed by atoms with Crippen molar-refractivity contribution in [2.45, 2.75) is 40.5 Å². The van der Waals surface area contributed by atoms with Crippen LogP contribution in [0.3, 0.4) is 0 Å². The second-order valence-corrected chi connectivity index (χ2v) is 4.32. The fourth-order valence-corrected chi connectivity index (χ4v) is 1.98. The Bertz CT molecular complexity index is 496. The number of hydrogen-bond acceptors (Lipinski definition) is 3. The molecule has 0 amide bonds. The van der Waals surface area contributed by atoms with Gasteiger partial charge in [-0.2, -0.15) is 0 Å². The van der Waals surface area contributed by atoms with Crippen molar-refractivity contribution in [3.63, 3.8) is 0 Å². The Labute approximate surface area is 95.7 Å². The third-order valence-corrected chi connectivity index (χ3v) is 3.20. The second kappa shape index (κ2) is 3.81. The maximum atomic E-state index is 6.04. The van der Waals surface area contributed by atoms with Crippen molar-refractivity contribution in [2.75, 3.05) is 5.73 Å². The van der Waals surface area contributed by atoms with Crippen molar-refractivity contribution in [3.05, 3.63) is 22.6 Å². The zero-order valence-electron chi connectivity index (χ0n) is 10.3. The SMILES string of the molecule is CCCc1nc2c(C)c(C)c(N)c(C)c2o1. The van der Waals surface area contributed by atoms with E-state index in [9.17, 15) is 0 Å². The summed E-state index contributed by atoms with van der Waals surface area (Å²) in [5, 5.41) is 0. The predicted molar refractivity (Wildman–Crippen MR) is 66.6 cm³/mol. The van der Waals surface area contributed by atoms with Crippen molar-refractivity contribution in [1.29, 1.82) is 0 Å². The molecule has 0 atom stereocenters. The van der Waals surface area contributed by atoms with Crippen LogP contribution < -0.4 is 5.73 Å². The largest absolute Gasteiger partial charge is 0.440 e. The lowest BCUT2D eigenvalue weighted by atomic mass is 10.0. The maximum Gasteiger partial charge on any atom is 0.195 e. The van der Waals surface area contributed by atoms with E-state index in [0.29, 0.717) is 0 Å². The Kier molecular flexibility index (Phi) is 2.62. The van der Waals surface area contributed by atoms with Crippen molar-refractivity contribution >= 4 is 16.8 Å². The zero-order chi connectivity index (χ0) is 11.9. The lowest BCUT2D eigenvalue weighted by Crippen LogP contribution is -1.97. The molecule has 0 aliphatic rings. The van der Waals surface area contributed by atoms with Gasteiger partial charge in [0.2, 0.25) is 0 Å². The van der Waals surface area contributed by atoms with Crippen LogP contribution in [0.15, 0.2) is 4.42 Å². The minimum Gasteiger partial charge on any atom is -0.440 e. The molecule has 1 heterocycles. The van der Waals surface area contributed by atoms with E-state index in [1.807, 2.05) is 20.8 Å². The molecule has 0 saturated heterocycles. The Morgan fingerprint density at radius 3 is 2.44 bits per heavy atom. The Morgan fingerprint density at radius 1 is 1.12 bits per heavy atom. The highest BCUT2D eigenvalue weighted by Gasteiger charge is 2.15. The van der Waals surface area contributed by atoms with Gasteiger partial charge in [0.05, 0.1) is 0 Å². The Morgan fingerprint density at radius 2 is 1.81 bits per heavy atom. The molecule has 1 aromatic carbocycles. The van der Waals surface area contributed by atoms with Gasteiger partial charge >= 0.3 is 0 Å². The van der Waals surface area contributed by atoms with E-state index in [0.717, 1.165) is 52.2 Å². The van der Waals surface area contributed by atoms with Crippen LogP contribution in [0.5, 0.6) is 0 Å². The second-order valence-electron chi connectivity index (χ2n) is 4.32. The molecule has 0 radical (unpaired) electrons. The van der Waals surface area contributed by atoms with Gasteiger partial charge in [-0.15, -0.1) is 0 Å². The summed E-state index contributed by atoms with van der Waals surface area (Å²) in [6.45, 7) is 8.19. The number of hydrogen-bond donors (Lipinski definition) is 1. The van der Waals surface area contributed by atoms with E-state index in [1.54, 1.807) is 0 Å². The molecule has 0 aliphatic carbocycles. The van der Waals surface area contributed by atoms with Gasteiger partial charge in [0.15, 0.2) is 11.5 Å². The highest BCUT2D eigenvalue weighted by atomic mass is 16.3. The number of nitrogens with zero attached hydrogens (tertiary/aromatic N) is 1. The van der Waals surface area contributed by atoms with Gasteiger partial charge in [0.25, 0.3) is 0 Å². The van der Waals surface area contributed by atoms with Crippen LogP contribution in [0.4, 0.5) is 5.69 Å². The number of nitrogens with two attached hydrogens (primary N) is 1. The van der Waals surface area contributed by atoms with Crippen LogP contribution in [-0.4, -0.2) is 4.98 Å². The quantitative estimate of drug-likeness (QED) is 0.787. The first kappa shape index (κ1) is 11.0. The summed E-state index contributed by atoms with van der Waals surface area (Å²) < 4.78 is 5.76. The molecule has 0 fully saturated rings. The summed E-state index contributed by atoms with van der Waals surface area (Å²) in [6, 6.07) is 0. The monoisotopic (exact) mass is 218 g/mol. The maximum absolute atomic E-state index is 6.04. The molecule has 0 unspecified atom stereocenters. The van der Waals surface area contributed by atoms with Crippen LogP contribution in [-0.2, 0) is 6.42 Å². The first-order valence-electron chi connectivity index (χ1n) is 5.70. The van der Waals surface area contributed by atoms with Crippen molar-refractivity contribution < 1.29 is 4.42 Å². The standard InChI is InChI=1S/C13H18N2O/c1-5-6-10-15-12-8(3)7(2)11(14)9(4)13(12)16-10/h5-6,14H2,1-4H3. The topological polar surface area (TPSA) is 52.0 Å². The number of aryl methyl sites for hydroxylation is 3. The Hall–Kier alpha value is -1.51. The first-order chi connectivity index (χ1) is 7.56. The molecule has 0 aliphatic heterocycles. The highest BCUT2D eigenvalue weighted by Crippen LogP contribution is 2.31. The number of nitrogen functional groups attached to an aromatic ring is 1. The summed E-state index contributed by atoms with van der Waals surface area (Å²) in [4.78, 5) is 4.54. The van der Waals surface area contributed by atoms with E-state index in [4.69, 9.17) is 10.2 Å². The van der Waals surface area contributed by atoms with Gasteiger partial charge in [-0.25, -0.2) is 4.98 Å². The summed E-state index contributed by atoms with van der Waals surface area (Å²) >= 11 is 0. The number of oxazole rings is 1. The first-order valence-corrected chi connectivity index (χ1v) is 5.70. The molecule has 2 N–H and O–H groups in total. The third-order valence-electron chi connectivity index (χ3n) is 3.20. The molecule has 86 valence electrons. The summed E-state index contributed by atoms with van der Waals surface area (Å²) in [5.74, 6) is 0.814. The Balaban J connectivity index is 2.76. The molecule has 2 aromatic rings. The molecular weight excluding hydrogens is 200 g/mol. The number of rotatable bonds is 2. The number of anilines is 1. The molecule has 3 heteroatoms. The minimum atomic E-state index is 0.814. The smallest absolute Gasteiger partial charge is 0.195 e. The van der Waals surface area contributed by atoms with Crippen molar-refractivity contribution in [1.82, 2.24) is 4.98 Å². The molecule has 2 rings (SSSR count). The zero-order valence-corrected chi connectivity index (χ0v) is 10.3. The molecule has 16 heavy (non-hydrogen) atoms. The fourth-order valence-electron chi connectivity index (χ4n) is 1.98. The van der Waals surface area contributed by atoms with Crippen LogP contribution in [0, 0.1) is 20.8 Å². The van der Waals surface area contributed by atoms with Gasteiger partial charge in [-0.3, -0.25) is 0 Å². The summed E-state index contributed by atoms with van der Waals surface area (Å²) in [6.07, 6.45) is 1.92. The molecule has 3 nitrogen and oxygen atoms in total. The predicted octanol–water partition coefficient (Wildman–Crippen LogP) is 3.29. The number of fused-ring (bicyclic) bond motifs is 1. The number of benzene rings is 1. The normalized spacial score (nSPS) is 11.2. The van der Waals surface area contributed by atoms with E-state index >= 15 is 0 Å².